The van der Waals surface area contributed by atoms with Gasteiger partial charge in [-0.3, -0.25) is 4.79 Å². The second-order valence-corrected chi connectivity index (χ2v) is 6.03. The molecule has 0 fully saturated rings. The molecule has 0 spiro atoms. The van der Waals surface area contributed by atoms with Crippen LogP contribution in [0.4, 0.5) is 13.2 Å². The first-order valence-corrected chi connectivity index (χ1v) is 7.96. The summed E-state index contributed by atoms with van der Waals surface area (Å²) in [5.41, 5.74) is 0.0950. The highest BCUT2D eigenvalue weighted by Crippen LogP contribution is 2.29. The molecule has 0 aliphatic carbocycles. The van der Waals surface area contributed by atoms with Crippen LogP contribution in [0.15, 0.2) is 48.5 Å². The van der Waals surface area contributed by atoms with Crippen molar-refractivity contribution < 1.29 is 27.9 Å². The highest BCUT2D eigenvalue weighted by Gasteiger charge is 2.30. The van der Waals surface area contributed by atoms with Gasteiger partial charge in [-0.05, 0) is 29.3 Å². The molecule has 1 amide bonds. The summed E-state index contributed by atoms with van der Waals surface area (Å²) < 4.78 is 37.6. The lowest BCUT2D eigenvalue weighted by Gasteiger charge is -2.15. The monoisotopic (exact) mass is 385 g/mol. The number of hydrogen-bond acceptors (Lipinski definition) is 2. The Bertz CT molecular complexity index is 791. The van der Waals surface area contributed by atoms with Gasteiger partial charge in [-0.25, -0.2) is 4.79 Å². The van der Waals surface area contributed by atoms with E-state index < -0.39 is 29.7 Å². The van der Waals surface area contributed by atoms with Gasteiger partial charge in [-0.15, -0.1) is 0 Å². The van der Waals surface area contributed by atoms with Crippen molar-refractivity contribution in [3.63, 3.8) is 0 Å². The van der Waals surface area contributed by atoms with E-state index in [1.807, 2.05) is 0 Å². The average Bonchev–Trinajstić information content (AvgIpc) is 2.55. The molecule has 0 aromatic heterocycles. The second kappa shape index (κ2) is 8.23. The van der Waals surface area contributed by atoms with Crippen LogP contribution < -0.4 is 5.32 Å². The SMILES string of the molecule is O=C(Cc1ccc(C(F)(F)F)cc1)N[C@@H](Cc1ccccc1Cl)C(=O)O. The van der Waals surface area contributed by atoms with Crippen molar-refractivity contribution in [3.05, 3.63) is 70.2 Å². The number of benzene rings is 2. The smallest absolute Gasteiger partial charge is 0.416 e. The van der Waals surface area contributed by atoms with Gasteiger partial charge in [-0.2, -0.15) is 13.2 Å². The van der Waals surface area contributed by atoms with Crippen LogP contribution in [0.3, 0.4) is 0 Å². The molecular formula is C18H15ClF3NO3. The van der Waals surface area contributed by atoms with Crippen molar-refractivity contribution in [2.45, 2.75) is 25.1 Å². The number of carbonyl (C=O) groups excluding carboxylic acids is 1. The summed E-state index contributed by atoms with van der Waals surface area (Å²) in [5, 5.41) is 12.0. The van der Waals surface area contributed by atoms with Gasteiger partial charge in [0.15, 0.2) is 0 Å². The quantitative estimate of drug-likeness (QED) is 0.796. The van der Waals surface area contributed by atoms with Gasteiger partial charge in [0.05, 0.1) is 12.0 Å². The summed E-state index contributed by atoms with van der Waals surface area (Å²) in [6, 6.07) is 9.59. The molecule has 0 aliphatic rings. The largest absolute Gasteiger partial charge is 0.480 e. The highest BCUT2D eigenvalue weighted by atomic mass is 35.5. The van der Waals surface area contributed by atoms with Crippen LogP contribution in [-0.2, 0) is 28.6 Å². The van der Waals surface area contributed by atoms with Crippen LogP contribution in [0.1, 0.15) is 16.7 Å². The molecule has 0 saturated carbocycles. The highest BCUT2D eigenvalue weighted by molar-refractivity contribution is 6.31. The molecule has 0 heterocycles. The zero-order chi connectivity index (χ0) is 19.3. The van der Waals surface area contributed by atoms with E-state index in [0.717, 1.165) is 12.1 Å². The first-order valence-electron chi connectivity index (χ1n) is 7.58. The van der Waals surface area contributed by atoms with Crippen molar-refractivity contribution in [2.75, 3.05) is 0 Å². The van der Waals surface area contributed by atoms with E-state index in [2.05, 4.69) is 5.32 Å². The summed E-state index contributed by atoms with van der Waals surface area (Å²) in [6.45, 7) is 0. The molecule has 0 bridgehead atoms. The number of aliphatic carboxylic acids is 1. The number of amides is 1. The van der Waals surface area contributed by atoms with Gasteiger partial charge in [0.2, 0.25) is 5.91 Å². The van der Waals surface area contributed by atoms with Gasteiger partial charge >= 0.3 is 12.1 Å². The molecule has 0 unspecified atom stereocenters. The number of carbonyl (C=O) groups is 2. The lowest BCUT2D eigenvalue weighted by Crippen LogP contribution is -2.43. The Balaban J connectivity index is 2.02. The van der Waals surface area contributed by atoms with Crippen molar-refractivity contribution >= 4 is 23.5 Å². The normalized spacial score (nSPS) is 12.5. The Morgan fingerprint density at radius 3 is 2.23 bits per heavy atom. The summed E-state index contributed by atoms with van der Waals surface area (Å²) >= 11 is 5.99. The van der Waals surface area contributed by atoms with Crippen LogP contribution >= 0.6 is 11.6 Å². The van der Waals surface area contributed by atoms with Gasteiger partial charge < -0.3 is 10.4 Å². The molecule has 2 N–H and O–H groups in total. The molecule has 138 valence electrons. The Morgan fingerprint density at radius 2 is 1.69 bits per heavy atom. The molecule has 4 nitrogen and oxygen atoms in total. The van der Waals surface area contributed by atoms with Crippen LogP contribution in [0.25, 0.3) is 0 Å². The fourth-order valence-corrected chi connectivity index (χ4v) is 2.54. The molecule has 2 aromatic carbocycles. The van der Waals surface area contributed by atoms with Crippen molar-refractivity contribution in [1.82, 2.24) is 5.32 Å². The zero-order valence-corrected chi connectivity index (χ0v) is 14.1. The number of halogens is 4. The number of carboxylic acid groups (broad SMARTS) is 1. The maximum Gasteiger partial charge on any atom is 0.416 e. The van der Waals surface area contributed by atoms with Crippen LogP contribution in [0, 0.1) is 0 Å². The minimum absolute atomic E-state index is 0.00619. The van der Waals surface area contributed by atoms with Crippen molar-refractivity contribution in [1.29, 1.82) is 0 Å². The van der Waals surface area contributed by atoms with Crippen LogP contribution in [-0.4, -0.2) is 23.0 Å². The van der Waals surface area contributed by atoms with E-state index in [-0.39, 0.29) is 12.8 Å². The molecule has 8 heteroatoms. The van der Waals surface area contributed by atoms with E-state index >= 15 is 0 Å². The third-order valence-electron chi connectivity index (χ3n) is 3.66. The van der Waals surface area contributed by atoms with E-state index in [1.54, 1.807) is 24.3 Å². The fourth-order valence-electron chi connectivity index (χ4n) is 2.33. The van der Waals surface area contributed by atoms with Gasteiger partial charge in [-0.1, -0.05) is 41.9 Å². The van der Waals surface area contributed by atoms with E-state index in [4.69, 9.17) is 11.6 Å². The van der Waals surface area contributed by atoms with Gasteiger partial charge in [0.25, 0.3) is 0 Å². The molecule has 0 aliphatic heterocycles. The predicted octanol–water partition coefficient (Wildman–Crippen LogP) is 3.71. The van der Waals surface area contributed by atoms with Crippen LogP contribution in [0.2, 0.25) is 5.02 Å². The summed E-state index contributed by atoms with van der Waals surface area (Å²) in [6.07, 6.45) is -4.69. The second-order valence-electron chi connectivity index (χ2n) is 5.63. The van der Waals surface area contributed by atoms with Crippen molar-refractivity contribution in [3.8, 4) is 0 Å². The number of carboxylic acids is 1. The van der Waals surface area contributed by atoms with E-state index in [1.165, 1.54) is 12.1 Å². The number of alkyl halides is 3. The minimum atomic E-state index is -4.45. The molecule has 2 aromatic rings. The Morgan fingerprint density at radius 1 is 1.08 bits per heavy atom. The van der Waals surface area contributed by atoms with E-state index in [9.17, 15) is 27.9 Å². The third-order valence-corrected chi connectivity index (χ3v) is 4.03. The first-order chi connectivity index (χ1) is 12.2. The number of hydrogen-bond donors (Lipinski definition) is 2. The Hall–Kier alpha value is -2.54. The standard InChI is InChI=1S/C18H15ClF3NO3/c19-14-4-2-1-3-12(14)10-15(17(25)26)23-16(24)9-11-5-7-13(8-6-11)18(20,21)22/h1-8,15H,9-10H2,(H,23,24)(H,25,26)/t15-/m0/s1. The molecule has 0 saturated heterocycles. The predicted molar refractivity (Wildman–Crippen MR) is 89.9 cm³/mol. The van der Waals surface area contributed by atoms with Gasteiger partial charge in [0, 0.05) is 11.4 Å². The molecule has 2 rings (SSSR count). The Kier molecular flexibility index (Phi) is 6.26. The molecular weight excluding hydrogens is 371 g/mol. The number of nitrogens with one attached hydrogen (secondary N) is 1. The van der Waals surface area contributed by atoms with E-state index in [0.29, 0.717) is 16.1 Å². The summed E-state index contributed by atoms with van der Waals surface area (Å²) in [4.78, 5) is 23.4. The Labute approximate surface area is 152 Å². The topological polar surface area (TPSA) is 66.4 Å². The van der Waals surface area contributed by atoms with Crippen molar-refractivity contribution in [2.24, 2.45) is 0 Å². The van der Waals surface area contributed by atoms with Crippen LogP contribution in [0.5, 0.6) is 0 Å². The lowest BCUT2D eigenvalue weighted by molar-refractivity contribution is -0.141. The lowest BCUT2D eigenvalue weighted by atomic mass is 10.0. The molecule has 26 heavy (non-hydrogen) atoms. The maximum absolute atomic E-state index is 12.5. The fraction of sp³-hybridized carbons (Fsp3) is 0.222. The van der Waals surface area contributed by atoms with Gasteiger partial charge in [0.1, 0.15) is 6.04 Å². The third kappa shape index (κ3) is 5.49. The summed E-state index contributed by atoms with van der Waals surface area (Å²) in [5.74, 6) is -1.84. The zero-order valence-electron chi connectivity index (χ0n) is 13.4. The first kappa shape index (κ1) is 19.8. The summed E-state index contributed by atoms with van der Waals surface area (Å²) in [7, 11) is 0. The maximum atomic E-state index is 12.5. The molecule has 1 atom stereocenters. The minimum Gasteiger partial charge on any atom is -0.480 e. The average molecular weight is 386 g/mol. The number of rotatable bonds is 6. The molecule has 0 radical (unpaired) electrons.